The molecule has 1 aliphatic rings. The number of anilines is 1. The van der Waals surface area contributed by atoms with E-state index in [0.717, 1.165) is 12.3 Å². The van der Waals surface area contributed by atoms with Gasteiger partial charge < -0.3 is 10.3 Å². The minimum absolute atomic E-state index is 0.0496. The maximum absolute atomic E-state index is 12.4. The fourth-order valence-electron chi connectivity index (χ4n) is 2.03. The first kappa shape index (κ1) is 13.2. The van der Waals surface area contributed by atoms with E-state index in [0.29, 0.717) is 16.6 Å². The smallest absolute Gasteiger partial charge is 0.254 e. The van der Waals surface area contributed by atoms with Gasteiger partial charge in [-0.05, 0) is 19.1 Å². The van der Waals surface area contributed by atoms with Crippen molar-refractivity contribution in [2.24, 2.45) is 5.84 Å². The van der Waals surface area contributed by atoms with Crippen molar-refractivity contribution in [2.75, 3.05) is 17.7 Å². The number of nitrogens with zero attached hydrogens (tertiary/aromatic N) is 2. The number of nitrogens with one attached hydrogen (secondary N) is 1. The number of carbonyl (C=O) groups is 1. The second kappa shape index (κ2) is 5.58. The molecule has 1 aromatic heterocycles. The first-order valence-electron chi connectivity index (χ1n) is 5.98. The number of hydrogen-bond donors (Lipinski definition) is 2. The molecule has 1 saturated heterocycles. The van der Waals surface area contributed by atoms with Crippen molar-refractivity contribution in [3.8, 4) is 0 Å². The lowest BCUT2D eigenvalue weighted by Crippen LogP contribution is -2.47. The summed E-state index contributed by atoms with van der Waals surface area (Å²) >= 11 is 1.91. The molecule has 0 bridgehead atoms. The fourth-order valence-corrected chi connectivity index (χ4v) is 3.13. The number of nitrogen functional groups attached to an aromatic ring is 1. The molecule has 1 amide bonds. The highest BCUT2D eigenvalue weighted by atomic mass is 32.2. The van der Waals surface area contributed by atoms with Crippen LogP contribution in [0.15, 0.2) is 18.3 Å². The van der Waals surface area contributed by atoms with Gasteiger partial charge in [-0.1, -0.05) is 6.92 Å². The van der Waals surface area contributed by atoms with Crippen LogP contribution in [0.4, 0.5) is 5.82 Å². The SMILES string of the molecule is CC1SCCN(C(=O)c2ccnc(NN)c2)C1C. The van der Waals surface area contributed by atoms with Crippen LogP contribution in [0.2, 0.25) is 0 Å². The van der Waals surface area contributed by atoms with E-state index in [1.54, 1.807) is 18.3 Å². The van der Waals surface area contributed by atoms with Gasteiger partial charge in [-0.2, -0.15) is 11.8 Å². The van der Waals surface area contributed by atoms with Crippen LogP contribution in [-0.4, -0.2) is 39.4 Å². The highest BCUT2D eigenvalue weighted by Crippen LogP contribution is 2.25. The molecule has 6 heteroatoms. The van der Waals surface area contributed by atoms with Gasteiger partial charge in [0.1, 0.15) is 5.82 Å². The van der Waals surface area contributed by atoms with Gasteiger partial charge in [0.2, 0.25) is 0 Å². The predicted octanol–water partition coefficient (Wildman–Crippen LogP) is 1.33. The zero-order valence-corrected chi connectivity index (χ0v) is 11.4. The Morgan fingerprint density at radius 2 is 2.39 bits per heavy atom. The minimum atomic E-state index is 0.0496. The van der Waals surface area contributed by atoms with E-state index in [1.165, 1.54) is 0 Å². The molecular formula is C12H18N4OS. The maximum Gasteiger partial charge on any atom is 0.254 e. The number of carbonyl (C=O) groups excluding carboxylic acids is 1. The molecule has 98 valence electrons. The minimum Gasteiger partial charge on any atom is -0.334 e. The number of nitrogens with two attached hydrogens (primary N) is 1. The number of hydrazine groups is 1. The van der Waals surface area contributed by atoms with Gasteiger partial charge in [-0.25, -0.2) is 10.8 Å². The molecule has 2 unspecified atom stereocenters. The Labute approximate surface area is 111 Å². The summed E-state index contributed by atoms with van der Waals surface area (Å²) in [5.41, 5.74) is 3.09. The first-order chi connectivity index (χ1) is 8.63. The average molecular weight is 266 g/mol. The van der Waals surface area contributed by atoms with Gasteiger partial charge >= 0.3 is 0 Å². The third-order valence-corrected chi connectivity index (χ3v) is 4.64. The summed E-state index contributed by atoms with van der Waals surface area (Å²) < 4.78 is 0. The maximum atomic E-state index is 12.4. The fraction of sp³-hybridized carbons (Fsp3) is 0.500. The lowest BCUT2D eigenvalue weighted by molar-refractivity contribution is 0.0698. The average Bonchev–Trinajstić information content (AvgIpc) is 2.41. The van der Waals surface area contributed by atoms with Gasteiger partial charge in [0.25, 0.3) is 5.91 Å². The number of pyridine rings is 1. The Hall–Kier alpha value is -1.27. The van der Waals surface area contributed by atoms with Crippen LogP contribution in [0.3, 0.4) is 0 Å². The van der Waals surface area contributed by atoms with Gasteiger partial charge in [-0.15, -0.1) is 0 Å². The van der Waals surface area contributed by atoms with Crippen LogP contribution in [0, 0.1) is 0 Å². The van der Waals surface area contributed by atoms with Crippen LogP contribution in [0.5, 0.6) is 0 Å². The first-order valence-corrected chi connectivity index (χ1v) is 7.03. The molecule has 1 fully saturated rings. The second-order valence-electron chi connectivity index (χ2n) is 4.39. The summed E-state index contributed by atoms with van der Waals surface area (Å²) in [6.07, 6.45) is 1.59. The molecule has 0 aromatic carbocycles. The van der Waals surface area contributed by atoms with E-state index in [2.05, 4.69) is 24.3 Å². The van der Waals surface area contributed by atoms with Crippen molar-refractivity contribution >= 4 is 23.5 Å². The van der Waals surface area contributed by atoms with E-state index in [9.17, 15) is 4.79 Å². The van der Waals surface area contributed by atoms with Crippen molar-refractivity contribution in [1.82, 2.24) is 9.88 Å². The topological polar surface area (TPSA) is 71.2 Å². The number of amides is 1. The van der Waals surface area contributed by atoms with Crippen LogP contribution >= 0.6 is 11.8 Å². The molecule has 1 aliphatic heterocycles. The lowest BCUT2D eigenvalue weighted by atomic mass is 10.1. The third-order valence-electron chi connectivity index (χ3n) is 3.30. The van der Waals surface area contributed by atoms with Gasteiger partial charge in [0.15, 0.2) is 0 Å². The molecule has 2 rings (SSSR count). The van der Waals surface area contributed by atoms with Crippen molar-refractivity contribution in [1.29, 1.82) is 0 Å². The van der Waals surface area contributed by atoms with E-state index in [4.69, 9.17) is 5.84 Å². The highest BCUT2D eigenvalue weighted by Gasteiger charge is 2.29. The second-order valence-corrected chi connectivity index (χ2v) is 5.87. The van der Waals surface area contributed by atoms with E-state index in [-0.39, 0.29) is 11.9 Å². The molecule has 0 spiro atoms. The Bertz CT molecular complexity index is 440. The Balaban J connectivity index is 2.19. The molecule has 5 nitrogen and oxygen atoms in total. The highest BCUT2D eigenvalue weighted by molar-refractivity contribution is 8.00. The monoisotopic (exact) mass is 266 g/mol. The van der Waals surface area contributed by atoms with Crippen LogP contribution in [0.1, 0.15) is 24.2 Å². The Morgan fingerprint density at radius 1 is 1.61 bits per heavy atom. The summed E-state index contributed by atoms with van der Waals surface area (Å²) in [7, 11) is 0. The lowest BCUT2D eigenvalue weighted by Gasteiger charge is -2.37. The number of thioether (sulfide) groups is 1. The summed E-state index contributed by atoms with van der Waals surface area (Å²) in [4.78, 5) is 18.4. The van der Waals surface area contributed by atoms with Crippen LogP contribution in [-0.2, 0) is 0 Å². The zero-order chi connectivity index (χ0) is 13.1. The van der Waals surface area contributed by atoms with Crippen molar-refractivity contribution in [3.05, 3.63) is 23.9 Å². The van der Waals surface area contributed by atoms with Crippen LogP contribution in [0.25, 0.3) is 0 Å². The quantitative estimate of drug-likeness (QED) is 0.624. The summed E-state index contributed by atoms with van der Waals surface area (Å²) in [5.74, 6) is 6.85. The van der Waals surface area contributed by atoms with E-state index >= 15 is 0 Å². The summed E-state index contributed by atoms with van der Waals surface area (Å²) in [6, 6.07) is 3.66. The largest absolute Gasteiger partial charge is 0.334 e. The number of aromatic nitrogens is 1. The zero-order valence-electron chi connectivity index (χ0n) is 10.6. The molecule has 0 radical (unpaired) electrons. The van der Waals surface area contributed by atoms with Crippen molar-refractivity contribution < 1.29 is 4.79 Å². The van der Waals surface area contributed by atoms with Crippen LogP contribution < -0.4 is 11.3 Å². The number of hydrogen-bond acceptors (Lipinski definition) is 5. The molecular weight excluding hydrogens is 248 g/mol. The molecule has 0 saturated carbocycles. The van der Waals surface area contributed by atoms with E-state index < -0.39 is 0 Å². The van der Waals surface area contributed by atoms with Gasteiger partial charge in [-0.3, -0.25) is 4.79 Å². The van der Waals surface area contributed by atoms with Gasteiger partial charge in [0, 0.05) is 35.3 Å². The van der Waals surface area contributed by atoms with Crippen molar-refractivity contribution in [3.63, 3.8) is 0 Å². The standard InChI is InChI=1S/C12H18N4OS/c1-8-9(2)18-6-5-16(8)12(17)10-3-4-14-11(7-10)15-13/h3-4,7-9H,5-6,13H2,1-2H3,(H,14,15). The summed E-state index contributed by atoms with van der Waals surface area (Å²) in [5, 5.41) is 0.469. The predicted molar refractivity (Wildman–Crippen MR) is 74.5 cm³/mol. The van der Waals surface area contributed by atoms with E-state index in [1.807, 2.05) is 16.7 Å². The summed E-state index contributed by atoms with van der Waals surface area (Å²) in [6.45, 7) is 5.05. The third kappa shape index (κ3) is 2.59. The Morgan fingerprint density at radius 3 is 3.11 bits per heavy atom. The molecule has 18 heavy (non-hydrogen) atoms. The molecule has 1 aromatic rings. The molecule has 3 N–H and O–H groups in total. The molecule has 2 atom stereocenters. The van der Waals surface area contributed by atoms with Gasteiger partial charge in [0.05, 0.1) is 0 Å². The molecule has 0 aliphatic carbocycles. The van der Waals surface area contributed by atoms with Crippen molar-refractivity contribution in [2.45, 2.75) is 25.1 Å². The Kier molecular flexibility index (Phi) is 4.08. The number of rotatable bonds is 2. The normalized spacial score (nSPS) is 23.8. The molecule has 2 heterocycles.